The van der Waals surface area contributed by atoms with E-state index in [4.69, 9.17) is 9.97 Å². The van der Waals surface area contributed by atoms with Gasteiger partial charge in [-0.05, 0) is 185 Å². The van der Waals surface area contributed by atoms with Gasteiger partial charge in [-0.3, -0.25) is 14.4 Å². The van der Waals surface area contributed by atoms with Crippen molar-refractivity contribution in [3.8, 4) is 44.5 Å². The van der Waals surface area contributed by atoms with E-state index in [-0.39, 0.29) is 50.0 Å². The van der Waals surface area contributed by atoms with Crippen molar-refractivity contribution in [2.24, 2.45) is 0 Å². The fourth-order valence-corrected chi connectivity index (χ4v) is 11.9. The minimum Gasteiger partial charge on any atom is -0.354 e. The summed E-state index contributed by atoms with van der Waals surface area (Å²) in [6, 6.07) is 45.2. The molecule has 8 heteroatoms. The SMILES string of the molecule is CC(C)(C)c1cc(-c2c3nc(c(-c4cc(C(C)(C)C)cc(C(C)(C)C)c4)c4ccc([nH]4)c(-c4cc(C(C)(C)C)cc(C(C)(C)C)c4)c4nc(c(-c5ccc(NC(=O)c6ccc(CC7=CC(=O)C=CC7=O)cc6)cc5)c5ccc2[nH]5)C=C4)C=C3)cc(C(C)(C)C)c1. The number of hydrogen-bond donors (Lipinski definition) is 3. The van der Waals surface area contributed by atoms with Gasteiger partial charge in [0, 0.05) is 67.6 Å². The van der Waals surface area contributed by atoms with E-state index in [9.17, 15) is 14.4 Å². The molecular weight excluding hydrogens is 1100 g/mol. The van der Waals surface area contributed by atoms with Crippen molar-refractivity contribution in [1.82, 2.24) is 19.9 Å². The van der Waals surface area contributed by atoms with Crippen molar-refractivity contribution in [3.63, 3.8) is 0 Å². The van der Waals surface area contributed by atoms with Crippen molar-refractivity contribution < 1.29 is 14.4 Å². The van der Waals surface area contributed by atoms with Gasteiger partial charge in [-0.1, -0.05) is 203 Å². The van der Waals surface area contributed by atoms with Crippen molar-refractivity contribution >= 4 is 69.5 Å². The molecular formula is C82H87N5O3. The summed E-state index contributed by atoms with van der Waals surface area (Å²) >= 11 is 0. The van der Waals surface area contributed by atoms with Crippen LogP contribution in [0.4, 0.5) is 5.69 Å². The number of allylic oxidation sites excluding steroid dienone is 4. The van der Waals surface area contributed by atoms with Gasteiger partial charge in [-0.2, -0.15) is 0 Å². The first-order valence-corrected chi connectivity index (χ1v) is 31.7. The van der Waals surface area contributed by atoms with Gasteiger partial charge < -0.3 is 15.3 Å². The largest absolute Gasteiger partial charge is 0.354 e. The quantitative estimate of drug-likeness (QED) is 0.131. The first-order chi connectivity index (χ1) is 42.0. The van der Waals surface area contributed by atoms with Gasteiger partial charge in [0.1, 0.15) is 0 Å². The zero-order valence-corrected chi connectivity index (χ0v) is 56.0. The number of aromatic amines is 2. The molecule has 90 heavy (non-hydrogen) atoms. The minimum absolute atomic E-state index is 0.134. The first kappa shape index (κ1) is 62.6. The lowest BCUT2D eigenvalue weighted by atomic mass is 9.78. The molecule has 8 nitrogen and oxygen atoms in total. The lowest BCUT2D eigenvalue weighted by molar-refractivity contribution is -0.114. The zero-order valence-electron chi connectivity index (χ0n) is 56.0. The van der Waals surface area contributed by atoms with E-state index in [0.29, 0.717) is 23.2 Å². The normalized spacial score (nSPS) is 14.0. The van der Waals surface area contributed by atoms with E-state index in [1.165, 1.54) is 51.6 Å². The van der Waals surface area contributed by atoms with E-state index in [1.807, 2.05) is 36.4 Å². The van der Waals surface area contributed by atoms with E-state index >= 15 is 0 Å². The molecule has 458 valence electrons. The standard InChI is InChI=1S/C82H87N5O3/c1-77(2,3)55-38-52(39-56(45-55)78(4,5)6)73-65-30-28-63(84-65)72(49-23-25-61(26-24-49)83-76(90)50-21-19-48(20-22-50)37-51-44-62(88)27-36-71(51)89)64-29-31-66(85-64)74(53-40-57(79(7,8)9)46-58(41-53)80(10,11)12)68-33-35-70(87-68)75(69-34-32-67(73)86-69)54-42-59(81(13,14)15)47-60(43-54)82(16,17)18/h19-36,38-47,84,87H,37H2,1-18H3,(H,83,90). The number of hydrogen-bond acceptors (Lipinski definition) is 5. The van der Waals surface area contributed by atoms with Crippen LogP contribution >= 0.6 is 0 Å². The minimum atomic E-state index is -0.273. The van der Waals surface area contributed by atoms with Gasteiger partial charge in [-0.25, -0.2) is 9.97 Å². The molecule has 0 unspecified atom stereocenters. The van der Waals surface area contributed by atoms with Gasteiger partial charge in [-0.15, -0.1) is 0 Å². The molecule has 3 aromatic heterocycles. The fourth-order valence-electron chi connectivity index (χ4n) is 11.9. The maximum Gasteiger partial charge on any atom is 0.255 e. The lowest BCUT2D eigenvalue weighted by Crippen LogP contribution is -2.16. The average Bonchev–Trinajstić information content (AvgIpc) is 1.49. The van der Waals surface area contributed by atoms with Crippen LogP contribution in [0.5, 0.6) is 0 Å². The molecule has 0 atom stereocenters. The second kappa shape index (κ2) is 22.8. The van der Waals surface area contributed by atoms with Crippen molar-refractivity contribution in [3.05, 3.63) is 218 Å². The predicted octanol–water partition coefficient (Wildman–Crippen LogP) is 20.5. The smallest absolute Gasteiger partial charge is 0.255 e. The molecule has 3 aliphatic rings. The van der Waals surface area contributed by atoms with Crippen LogP contribution < -0.4 is 5.32 Å². The highest BCUT2D eigenvalue weighted by Crippen LogP contribution is 2.44. The van der Waals surface area contributed by atoms with Crippen molar-refractivity contribution in [2.75, 3.05) is 5.32 Å². The summed E-state index contributed by atoms with van der Waals surface area (Å²) in [6.07, 6.45) is 13.0. The fraction of sp³-hybridized carbons (Fsp3) is 0.305. The molecule has 0 fully saturated rings. The number of rotatable bonds is 8. The van der Waals surface area contributed by atoms with Gasteiger partial charge in [0.05, 0.1) is 22.8 Å². The summed E-state index contributed by atoms with van der Waals surface area (Å²) < 4.78 is 0. The van der Waals surface area contributed by atoms with Crippen LogP contribution in [0.1, 0.15) is 197 Å². The maximum absolute atomic E-state index is 13.9. The Balaban J connectivity index is 1.19. The van der Waals surface area contributed by atoms with Crippen molar-refractivity contribution in [2.45, 2.75) is 164 Å². The molecule has 5 heterocycles. The number of benzene rings is 5. The lowest BCUT2D eigenvalue weighted by Gasteiger charge is -2.26. The third-order valence-electron chi connectivity index (χ3n) is 17.7. The van der Waals surface area contributed by atoms with Crippen LogP contribution in [0.25, 0.3) is 90.9 Å². The number of carbonyl (C=O) groups is 3. The summed E-state index contributed by atoms with van der Waals surface area (Å²) in [7, 11) is 0. The van der Waals surface area contributed by atoms with Crippen LogP contribution in [-0.4, -0.2) is 37.4 Å². The van der Waals surface area contributed by atoms with E-state index in [1.54, 1.807) is 12.1 Å². The summed E-state index contributed by atoms with van der Waals surface area (Å²) in [4.78, 5) is 58.0. The zero-order chi connectivity index (χ0) is 64.8. The molecule has 5 aromatic carbocycles. The molecule has 8 bridgehead atoms. The van der Waals surface area contributed by atoms with E-state index in [0.717, 1.165) is 94.9 Å². The van der Waals surface area contributed by atoms with Gasteiger partial charge in [0.2, 0.25) is 0 Å². The molecule has 0 spiro atoms. The maximum atomic E-state index is 13.9. The summed E-state index contributed by atoms with van der Waals surface area (Å²) in [5.41, 5.74) is 23.9. The molecule has 0 radical (unpaired) electrons. The molecule has 2 aliphatic heterocycles. The van der Waals surface area contributed by atoms with Gasteiger partial charge in [0.25, 0.3) is 5.91 Å². The molecule has 1 aliphatic carbocycles. The van der Waals surface area contributed by atoms with Crippen molar-refractivity contribution in [1.29, 1.82) is 0 Å². The number of carbonyl (C=O) groups excluding carboxylic acids is 3. The molecule has 1 amide bonds. The van der Waals surface area contributed by atoms with Gasteiger partial charge in [0.15, 0.2) is 11.6 Å². The van der Waals surface area contributed by atoms with E-state index < -0.39 is 0 Å². The second-order valence-corrected chi connectivity index (χ2v) is 31.1. The third-order valence-corrected chi connectivity index (χ3v) is 17.7. The molecule has 0 saturated carbocycles. The highest BCUT2D eigenvalue weighted by atomic mass is 16.2. The monoisotopic (exact) mass is 1190 g/mol. The number of H-pyrrole nitrogens is 2. The molecule has 11 rings (SSSR count). The van der Waals surface area contributed by atoms with E-state index in [2.05, 4.69) is 243 Å². The van der Waals surface area contributed by atoms with Crippen LogP contribution in [0.15, 0.2) is 151 Å². The molecule has 3 N–H and O–H groups in total. The summed E-state index contributed by atoms with van der Waals surface area (Å²) in [5, 5.41) is 3.11. The number of nitrogens with zero attached hydrogens (tertiary/aromatic N) is 2. The predicted molar refractivity (Wildman–Crippen MR) is 378 cm³/mol. The summed E-state index contributed by atoms with van der Waals surface area (Å²) in [6.45, 7) is 41.2. The number of anilines is 1. The highest BCUT2D eigenvalue weighted by Gasteiger charge is 2.28. The average molecular weight is 1190 g/mol. The Kier molecular flexibility index (Phi) is 15.8. The Morgan fingerprint density at radius 2 is 0.700 bits per heavy atom. The number of aromatic nitrogens is 4. The number of ketones is 2. The number of fused-ring (bicyclic) bond motifs is 8. The van der Waals surface area contributed by atoms with Gasteiger partial charge >= 0.3 is 0 Å². The Labute approximate surface area is 532 Å². The third kappa shape index (κ3) is 13.0. The number of nitrogens with one attached hydrogen (secondary N) is 3. The van der Waals surface area contributed by atoms with Crippen LogP contribution in [0.2, 0.25) is 0 Å². The first-order valence-electron chi connectivity index (χ1n) is 31.7. The Morgan fingerprint density at radius 1 is 0.378 bits per heavy atom. The molecule has 0 saturated heterocycles. The summed E-state index contributed by atoms with van der Waals surface area (Å²) in [5.74, 6) is -0.664. The second-order valence-electron chi connectivity index (χ2n) is 31.1. The number of amides is 1. The highest BCUT2D eigenvalue weighted by molar-refractivity contribution is 6.17. The Morgan fingerprint density at radius 3 is 1.02 bits per heavy atom. The van der Waals surface area contributed by atoms with Crippen LogP contribution in [-0.2, 0) is 48.5 Å². The Hall–Kier alpha value is -9.01. The van der Waals surface area contributed by atoms with Crippen LogP contribution in [0, 0.1) is 0 Å². The topological polar surface area (TPSA) is 121 Å². The van der Waals surface area contributed by atoms with Crippen LogP contribution in [0.3, 0.4) is 0 Å². The Bertz CT molecular complexity index is 4380. The molecule has 8 aromatic rings.